The summed E-state index contributed by atoms with van der Waals surface area (Å²) in [5, 5.41) is 6.36. The van der Waals surface area contributed by atoms with E-state index >= 15 is 0 Å². The Morgan fingerprint density at radius 2 is 2.05 bits per heavy atom. The van der Waals surface area contributed by atoms with Crippen LogP contribution in [0.4, 0.5) is 5.13 Å². The summed E-state index contributed by atoms with van der Waals surface area (Å²) < 4.78 is 0. The quantitative estimate of drug-likeness (QED) is 0.889. The van der Waals surface area contributed by atoms with Gasteiger partial charge in [-0.25, -0.2) is 4.98 Å². The van der Waals surface area contributed by atoms with E-state index in [1.807, 2.05) is 7.05 Å². The summed E-state index contributed by atoms with van der Waals surface area (Å²) in [6.45, 7) is 6.81. The number of aryl methyl sites for hydroxylation is 2. The highest BCUT2D eigenvalue weighted by atomic mass is 32.1. The van der Waals surface area contributed by atoms with E-state index in [9.17, 15) is 0 Å². The molecule has 1 N–H and O–H groups in total. The van der Waals surface area contributed by atoms with Gasteiger partial charge in [0.25, 0.3) is 0 Å². The average molecular weight is 286 g/mol. The Morgan fingerprint density at radius 3 is 2.70 bits per heavy atom. The number of hydrogen-bond donors (Lipinski definition) is 1. The molecule has 0 bridgehead atoms. The first-order chi connectivity index (χ1) is 9.51. The first kappa shape index (κ1) is 13.6. The van der Waals surface area contributed by atoms with Gasteiger partial charge in [-0.05, 0) is 43.2 Å². The van der Waals surface area contributed by atoms with E-state index in [2.05, 4.69) is 54.7 Å². The molecule has 0 saturated heterocycles. The molecule has 0 aliphatic heterocycles. The van der Waals surface area contributed by atoms with Gasteiger partial charge < -0.3 is 5.32 Å². The Kier molecular flexibility index (Phi) is 3.33. The largest absolute Gasteiger partial charge is 0.365 e. The molecule has 1 aliphatic carbocycles. The fourth-order valence-corrected chi connectivity index (χ4v) is 4.18. The molecule has 1 heterocycles. The number of nitrogens with one attached hydrogen (secondary N) is 1. The molecular weight excluding hydrogens is 264 g/mol. The molecule has 0 unspecified atom stereocenters. The van der Waals surface area contributed by atoms with E-state index in [1.165, 1.54) is 35.2 Å². The van der Waals surface area contributed by atoms with Crippen LogP contribution in [0.1, 0.15) is 48.1 Å². The van der Waals surface area contributed by atoms with E-state index in [0.29, 0.717) is 11.3 Å². The van der Waals surface area contributed by atoms with Crippen molar-refractivity contribution in [2.75, 3.05) is 12.4 Å². The maximum atomic E-state index is 4.66. The van der Waals surface area contributed by atoms with Gasteiger partial charge >= 0.3 is 0 Å². The van der Waals surface area contributed by atoms with Crippen LogP contribution < -0.4 is 5.32 Å². The van der Waals surface area contributed by atoms with Gasteiger partial charge in [0.15, 0.2) is 5.13 Å². The standard InChI is InChI=1S/C17H22N2S/c1-11-5-6-12(2)14(7-11)17(3)8-13(9-17)15-10-20-16(18-4)19-15/h5-7,10,13H,8-9H2,1-4H3,(H,18,19). The zero-order valence-corrected chi connectivity index (χ0v) is 13.5. The lowest BCUT2D eigenvalue weighted by Crippen LogP contribution is -2.37. The number of rotatable bonds is 3. The second-order valence-electron chi connectivity index (χ2n) is 6.31. The molecule has 1 saturated carbocycles. The Morgan fingerprint density at radius 1 is 1.30 bits per heavy atom. The van der Waals surface area contributed by atoms with Crippen LogP contribution in [0.5, 0.6) is 0 Å². The molecule has 2 aromatic rings. The molecule has 3 rings (SSSR count). The Balaban J connectivity index is 1.79. The first-order valence-corrected chi connectivity index (χ1v) is 8.11. The van der Waals surface area contributed by atoms with Crippen LogP contribution in [0, 0.1) is 13.8 Å². The minimum atomic E-state index is 0.324. The third kappa shape index (κ3) is 2.24. The fraction of sp³-hybridized carbons (Fsp3) is 0.471. The van der Waals surface area contributed by atoms with Crippen molar-refractivity contribution in [2.45, 2.75) is 44.9 Å². The van der Waals surface area contributed by atoms with E-state index in [1.54, 1.807) is 11.3 Å². The highest BCUT2D eigenvalue weighted by Gasteiger charge is 2.43. The van der Waals surface area contributed by atoms with Gasteiger partial charge in [0, 0.05) is 18.3 Å². The van der Waals surface area contributed by atoms with E-state index in [0.717, 1.165) is 5.13 Å². The zero-order valence-electron chi connectivity index (χ0n) is 12.7. The normalized spacial score (nSPS) is 25.3. The fourth-order valence-electron chi connectivity index (χ4n) is 3.43. The van der Waals surface area contributed by atoms with Gasteiger partial charge in [-0.3, -0.25) is 0 Å². The van der Waals surface area contributed by atoms with Crippen LogP contribution in [0.2, 0.25) is 0 Å². The average Bonchev–Trinajstić information content (AvgIpc) is 2.86. The van der Waals surface area contributed by atoms with Crippen LogP contribution in [-0.2, 0) is 5.41 Å². The summed E-state index contributed by atoms with van der Waals surface area (Å²) >= 11 is 1.71. The molecule has 2 nitrogen and oxygen atoms in total. The van der Waals surface area contributed by atoms with Gasteiger partial charge in [0.2, 0.25) is 0 Å². The monoisotopic (exact) mass is 286 g/mol. The topological polar surface area (TPSA) is 24.9 Å². The van der Waals surface area contributed by atoms with Crippen LogP contribution in [0.15, 0.2) is 23.6 Å². The van der Waals surface area contributed by atoms with E-state index < -0.39 is 0 Å². The minimum absolute atomic E-state index is 0.324. The van der Waals surface area contributed by atoms with Crippen molar-refractivity contribution in [3.05, 3.63) is 46.0 Å². The molecular formula is C17H22N2S. The molecule has 106 valence electrons. The number of nitrogens with zero attached hydrogens (tertiary/aromatic N) is 1. The Labute approximate surface area is 125 Å². The molecule has 0 radical (unpaired) electrons. The second kappa shape index (κ2) is 4.88. The second-order valence-corrected chi connectivity index (χ2v) is 7.17. The number of hydrogen-bond acceptors (Lipinski definition) is 3. The smallest absolute Gasteiger partial charge is 0.182 e. The van der Waals surface area contributed by atoms with Crippen molar-refractivity contribution >= 4 is 16.5 Å². The SMILES string of the molecule is CNc1nc(C2CC(C)(c3cc(C)ccc3C)C2)cs1. The Bertz CT molecular complexity index is 624. The predicted octanol–water partition coefficient (Wildman–Crippen LogP) is 4.64. The van der Waals surface area contributed by atoms with Crippen LogP contribution in [-0.4, -0.2) is 12.0 Å². The summed E-state index contributed by atoms with van der Waals surface area (Å²) in [7, 11) is 1.93. The maximum absolute atomic E-state index is 4.66. The van der Waals surface area contributed by atoms with Crippen LogP contribution in [0.3, 0.4) is 0 Å². The van der Waals surface area contributed by atoms with Crippen molar-refractivity contribution < 1.29 is 0 Å². The molecule has 0 spiro atoms. The van der Waals surface area contributed by atoms with Crippen molar-refractivity contribution in [3.63, 3.8) is 0 Å². The lowest BCUT2D eigenvalue weighted by atomic mass is 9.58. The summed E-state index contributed by atoms with van der Waals surface area (Å²) in [6.07, 6.45) is 2.42. The molecule has 3 heteroatoms. The minimum Gasteiger partial charge on any atom is -0.365 e. The zero-order chi connectivity index (χ0) is 14.3. The van der Waals surface area contributed by atoms with Gasteiger partial charge in [0.1, 0.15) is 0 Å². The van der Waals surface area contributed by atoms with Gasteiger partial charge in [0.05, 0.1) is 5.69 Å². The third-order valence-corrected chi connectivity index (χ3v) is 5.47. The molecule has 0 amide bonds. The van der Waals surface area contributed by atoms with Crippen molar-refractivity contribution in [1.82, 2.24) is 4.98 Å². The maximum Gasteiger partial charge on any atom is 0.182 e. The molecule has 0 atom stereocenters. The summed E-state index contributed by atoms with van der Waals surface area (Å²) in [5.74, 6) is 0.623. The third-order valence-electron chi connectivity index (χ3n) is 4.59. The number of thiazole rings is 1. The van der Waals surface area contributed by atoms with Crippen molar-refractivity contribution in [2.24, 2.45) is 0 Å². The van der Waals surface area contributed by atoms with Gasteiger partial charge in [-0.2, -0.15) is 0 Å². The predicted molar refractivity (Wildman–Crippen MR) is 86.9 cm³/mol. The van der Waals surface area contributed by atoms with Gasteiger partial charge in [-0.15, -0.1) is 11.3 Å². The Hall–Kier alpha value is -1.35. The number of aromatic nitrogens is 1. The summed E-state index contributed by atoms with van der Waals surface area (Å²) in [5.41, 5.74) is 5.90. The molecule has 1 fully saturated rings. The van der Waals surface area contributed by atoms with Crippen LogP contribution in [0.25, 0.3) is 0 Å². The number of anilines is 1. The molecule has 1 aromatic heterocycles. The number of benzene rings is 1. The molecule has 1 aromatic carbocycles. The van der Waals surface area contributed by atoms with Crippen molar-refractivity contribution in [3.8, 4) is 0 Å². The highest BCUT2D eigenvalue weighted by Crippen LogP contribution is 2.53. The summed E-state index contributed by atoms with van der Waals surface area (Å²) in [6, 6.07) is 6.83. The van der Waals surface area contributed by atoms with E-state index in [-0.39, 0.29) is 0 Å². The lowest BCUT2D eigenvalue weighted by Gasteiger charge is -2.46. The van der Waals surface area contributed by atoms with Crippen LogP contribution >= 0.6 is 11.3 Å². The summed E-state index contributed by atoms with van der Waals surface area (Å²) in [4.78, 5) is 4.66. The van der Waals surface area contributed by atoms with E-state index in [4.69, 9.17) is 0 Å². The van der Waals surface area contributed by atoms with Gasteiger partial charge in [-0.1, -0.05) is 30.7 Å². The lowest BCUT2D eigenvalue weighted by molar-refractivity contribution is 0.221. The first-order valence-electron chi connectivity index (χ1n) is 7.23. The molecule has 1 aliphatic rings. The molecule has 20 heavy (non-hydrogen) atoms. The van der Waals surface area contributed by atoms with Crippen molar-refractivity contribution in [1.29, 1.82) is 0 Å². The highest BCUT2D eigenvalue weighted by molar-refractivity contribution is 7.13.